The van der Waals surface area contributed by atoms with Gasteiger partial charge in [-0.3, -0.25) is 4.79 Å². The highest BCUT2D eigenvalue weighted by Gasteiger charge is 2.11. The van der Waals surface area contributed by atoms with E-state index in [-0.39, 0.29) is 12.2 Å². The van der Waals surface area contributed by atoms with E-state index in [1.165, 1.54) is 11.8 Å². The number of nitrogens with zero attached hydrogens (tertiary/aromatic N) is 3. The van der Waals surface area contributed by atoms with E-state index in [1.54, 1.807) is 37.4 Å². The zero-order valence-electron chi connectivity index (χ0n) is 15.1. The normalized spacial score (nSPS) is 11.0. The highest BCUT2D eigenvalue weighted by Crippen LogP contribution is 2.32. The van der Waals surface area contributed by atoms with Gasteiger partial charge in [-0.05, 0) is 53.2 Å². The smallest absolute Gasteiger partial charge is 0.282 e. The molecule has 0 spiro atoms. The van der Waals surface area contributed by atoms with Crippen LogP contribution in [-0.2, 0) is 0 Å². The van der Waals surface area contributed by atoms with E-state index in [0.717, 1.165) is 4.47 Å². The molecule has 0 unspecified atom stereocenters. The SMILES string of the molecule is C#CCOc1cc(Br)c(C=Nn2c(C)nc3ccc(Br)cc3c2=O)cc1OC. The van der Waals surface area contributed by atoms with Gasteiger partial charge in [0.05, 0.1) is 24.2 Å². The van der Waals surface area contributed by atoms with Gasteiger partial charge in [0.2, 0.25) is 0 Å². The lowest BCUT2D eigenvalue weighted by atomic mass is 10.2. The van der Waals surface area contributed by atoms with Crippen molar-refractivity contribution < 1.29 is 9.47 Å². The molecule has 0 bridgehead atoms. The summed E-state index contributed by atoms with van der Waals surface area (Å²) in [7, 11) is 1.53. The summed E-state index contributed by atoms with van der Waals surface area (Å²) in [4.78, 5) is 17.3. The minimum absolute atomic E-state index is 0.128. The molecule has 28 heavy (non-hydrogen) atoms. The summed E-state index contributed by atoms with van der Waals surface area (Å²) in [6.45, 7) is 1.86. The largest absolute Gasteiger partial charge is 0.493 e. The Bertz CT molecular complexity index is 1180. The predicted octanol–water partition coefficient (Wildman–Crippen LogP) is 4.13. The predicted molar refractivity (Wildman–Crippen MR) is 116 cm³/mol. The van der Waals surface area contributed by atoms with Gasteiger partial charge in [-0.15, -0.1) is 6.42 Å². The van der Waals surface area contributed by atoms with Crippen LogP contribution in [0.15, 0.2) is 49.2 Å². The van der Waals surface area contributed by atoms with Gasteiger partial charge in [-0.1, -0.05) is 21.9 Å². The maximum atomic E-state index is 12.8. The topological polar surface area (TPSA) is 65.7 Å². The number of aromatic nitrogens is 2. The van der Waals surface area contributed by atoms with Crippen LogP contribution in [-0.4, -0.2) is 29.6 Å². The van der Waals surface area contributed by atoms with E-state index in [0.29, 0.717) is 38.3 Å². The molecule has 1 heterocycles. The van der Waals surface area contributed by atoms with Crippen molar-refractivity contribution in [2.75, 3.05) is 13.7 Å². The summed E-state index contributed by atoms with van der Waals surface area (Å²) in [6, 6.07) is 8.84. The van der Waals surface area contributed by atoms with Crippen molar-refractivity contribution in [3.8, 4) is 23.8 Å². The number of fused-ring (bicyclic) bond motifs is 1. The standard InChI is InChI=1S/C20H15Br2N3O3/c1-4-7-28-19-10-16(22)13(8-18(19)27-3)11-23-25-12(2)24-17-6-5-14(21)9-15(17)20(25)26/h1,5-6,8-11H,7H2,2-3H3. The fraction of sp³-hybridized carbons (Fsp3) is 0.150. The molecule has 0 saturated heterocycles. The van der Waals surface area contributed by atoms with Crippen molar-refractivity contribution in [1.82, 2.24) is 9.66 Å². The molecule has 0 aliphatic carbocycles. The zero-order valence-corrected chi connectivity index (χ0v) is 18.2. The summed E-state index contributed by atoms with van der Waals surface area (Å²) in [5, 5.41) is 4.80. The molecule has 3 rings (SSSR count). The molecule has 3 aromatic rings. The van der Waals surface area contributed by atoms with Gasteiger partial charge in [-0.25, -0.2) is 4.98 Å². The Balaban J connectivity index is 2.05. The Morgan fingerprint density at radius 1 is 1.29 bits per heavy atom. The minimum Gasteiger partial charge on any atom is -0.493 e. The second-order valence-corrected chi connectivity index (χ2v) is 7.47. The first-order valence-electron chi connectivity index (χ1n) is 8.11. The molecule has 0 N–H and O–H groups in total. The first-order chi connectivity index (χ1) is 13.4. The van der Waals surface area contributed by atoms with Crippen LogP contribution >= 0.6 is 31.9 Å². The lowest BCUT2D eigenvalue weighted by Crippen LogP contribution is -2.20. The highest BCUT2D eigenvalue weighted by molar-refractivity contribution is 9.10. The van der Waals surface area contributed by atoms with Crippen LogP contribution in [0.3, 0.4) is 0 Å². The van der Waals surface area contributed by atoms with Gasteiger partial charge in [-0.2, -0.15) is 9.78 Å². The lowest BCUT2D eigenvalue weighted by Gasteiger charge is -2.11. The Morgan fingerprint density at radius 3 is 2.79 bits per heavy atom. The molecule has 0 saturated carbocycles. The van der Waals surface area contributed by atoms with E-state index in [9.17, 15) is 4.79 Å². The lowest BCUT2D eigenvalue weighted by molar-refractivity contribution is 0.330. The molecule has 0 radical (unpaired) electrons. The summed E-state index contributed by atoms with van der Waals surface area (Å²) in [5.74, 6) is 3.90. The van der Waals surface area contributed by atoms with E-state index in [2.05, 4.69) is 47.9 Å². The van der Waals surface area contributed by atoms with Gasteiger partial charge < -0.3 is 9.47 Å². The van der Waals surface area contributed by atoms with Crippen LogP contribution in [0.1, 0.15) is 11.4 Å². The van der Waals surface area contributed by atoms with E-state index in [4.69, 9.17) is 15.9 Å². The maximum absolute atomic E-state index is 12.8. The quantitative estimate of drug-likeness (QED) is 0.387. The van der Waals surface area contributed by atoms with E-state index >= 15 is 0 Å². The molecule has 142 valence electrons. The fourth-order valence-corrected chi connectivity index (χ4v) is 3.34. The third kappa shape index (κ3) is 4.11. The van der Waals surface area contributed by atoms with Crippen molar-refractivity contribution in [3.05, 3.63) is 61.0 Å². The Kier molecular flexibility index (Phi) is 6.17. The van der Waals surface area contributed by atoms with Crippen LogP contribution in [0.4, 0.5) is 0 Å². The van der Waals surface area contributed by atoms with Crippen LogP contribution < -0.4 is 15.0 Å². The average molecular weight is 505 g/mol. The molecular formula is C20H15Br2N3O3. The number of benzene rings is 2. The molecule has 8 heteroatoms. The van der Waals surface area contributed by atoms with Crippen LogP contribution in [0.25, 0.3) is 10.9 Å². The fourth-order valence-electron chi connectivity index (χ4n) is 2.56. The molecule has 0 aliphatic heterocycles. The molecule has 1 aromatic heterocycles. The number of hydrogen-bond acceptors (Lipinski definition) is 5. The zero-order chi connectivity index (χ0) is 20.3. The monoisotopic (exact) mass is 503 g/mol. The average Bonchev–Trinajstić information content (AvgIpc) is 2.68. The molecule has 0 atom stereocenters. The second-order valence-electron chi connectivity index (χ2n) is 5.70. The Labute approximate surface area is 178 Å². The van der Waals surface area contributed by atoms with Gasteiger partial charge in [0.15, 0.2) is 11.5 Å². The molecule has 0 fully saturated rings. The van der Waals surface area contributed by atoms with Crippen molar-refractivity contribution in [1.29, 1.82) is 0 Å². The van der Waals surface area contributed by atoms with Crippen LogP contribution in [0, 0.1) is 19.3 Å². The first-order valence-corrected chi connectivity index (χ1v) is 9.70. The summed E-state index contributed by atoms with van der Waals surface area (Å²) in [5.41, 5.74) is 1.07. The van der Waals surface area contributed by atoms with Crippen molar-refractivity contribution in [2.24, 2.45) is 5.10 Å². The van der Waals surface area contributed by atoms with E-state index in [1.807, 2.05) is 6.07 Å². The van der Waals surface area contributed by atoms with Gasteiger partial charge in [0.25, 0.3) is 5.56 Å². The highest BCUT2D eigenvalue weighted by atomic mass is 79.9. The van der Waals surface area contributed by atoms with E-state index < -0.39 is 0 Å². The van der Waals surface area contributed by atoms with Gasteiger partial charge in [0.1, 0.15) is 12.4 Å². The number of halogens is 2. The van der Waals surface area contributed by atoms with Gasteiger partial charge >= 0.3 is 0 Å². The first kappa shape index (κ1) is 20.1. The summed E-state index contributed by atoms with van der Waals surface area (Å²) < 4.78 is 13.6. The number of terminal acetylenes is 1. The summed E-state index contributed by atoms with van der Waals surface area (Å²) in [6.07, 6.45) is 6.79. The number of rotatable bonds is 5. The number of methoxy groups -OCH3 is 1. The summed E-state index contributed by atoms with van der Waals surface area (Å²) >= 11 is 6.85. The van der Waals surface area contributed by atoms with Crippen LogP contribution in [0.2, 0.25) is 0 Å². The molecule has 2 aromatic carbocycles. The minimum atomic E-state index is -0.253. The molecule has 0 amide bonds. The Morgan fingerprint density at radius 2 is 2.07 bits per heavy atom. The van der Waals surface area contributed by atoms with Gasteiger partial charge in [0, 0.05) is 14.5 Å². The molecule has 6 nitrogen and oxygen atoms in total. The maximum Gasteiger partial charge on any atom is 0.282 e. The third-order valence-corrected chi connectivity index (χ3v) is 5.06. The second kappa shape index (κ2) is 8.59. The van der Waals surface area contributed by atoms with Crippen molar-refractivity contribution in [2.45, 2.75) is 6.92 Å². The number of ether oxygens (including phenoxy) is 2. The Hall–Kier alpha value is -2.63. The molecule has 0 aliphatic rings. The van der Waals surface area contributed by atoms with Crippen molar-refractivity contribution >= 4 is 49.0 Å². The third-order valence-electron chi connectivity index (χ3n) is 3.88. The van der Waals surface area contributed by atoms with Crippen LogP contribution in [0.5, 0.6) is 11.5 Å². The number of hydrogen-bond donors (Lipinski definition) is 0. The van der Waals surface area contributed by atoms with Crippen molar-refractivity contribution in [3.63, 3.8) is 0 Å². The number of aryl methyl sites for hydroxylation is 1. The molecular weight excluding hydrogens is 490 g/mol.